The first-order valence-corrected chi connectivity index (χ1v) is 5.31. The van der Waals surface area contributed by atoms with Gasteiger partial charge in [0.15, 0.2) is 0 Å². The van der Waals surface area contributed by atoms with Crippen molar-refractivity contribution in [2.45, 2.75) is 6.42 Å². The number of urea groups is 1. The van der Waals surface area contributed by atoms with E-state index in [9.17, 15) is 19.7 Å². The van der Waals surface area contributed by atoms with Crippen molar-refractivity contribution in [2.24, 2.45) is 16.7 Å². The molecule has 1 aromatic carbocycles. The van der Waals surface area contributed by atoms with Gasteiger partial charge in [0.1, 0.15) is 5.71 Å². The zero-order chi connectivity index (χ0) is 15.1. The van der Waals surface area contributed by atoms with Crippen LogP contribution in [-0.2, 0) is 11.2 Å². The molecule has 1 rings (SSSR count). The number of hydrogen-bond donors (Lipinski definition) is 4. The first kappa shape index (κ1) is 15.0. The molecule has 0 aliphatic carbocycles. The maximum absolute atomic E-state index is 11.5. The van der Waals surface area contributed by atoms with E-state index >= 15 is 0 Å². The smallest absolute Gasteiger partial charge is 0.332 e. The molecule has 0 aromatic heterocycles. The monoisotopic (exact) mass is 280 g/mol. The van der Waals surface area contributed by atoms with Crippen LogP contribution in [0, 0.1) is 10.1 Å². The average molecular weight is 280 g/mol. The Morgan fingerprint density at radius 2 is 2.00 bits per heavy atom. The quantitative estimate of drug-likeness (QED) is 0.181. The summed E-state index contributed by atoms with van der Waals surface area (Å²) in [5.74, 6) is 4.18. The van der Waals surface area contributed by atoms with E-state index in [1.165, 1.54) is 18.2 Å². The molecular formula is C10H12N6O4. The molecule has 0 unspecified atom stereocenters. The number of nitrogens with two attached hydrogens (primary N) is 2. The van der Waals surface area contributed by atoms with Crippen LogP contribution in [0.1, 0.15) is 5.56 Å². The number of carbonyl (C=O) groups is 2. The van der Waals surface area contributed by atoms with E-state index in [1.54, 1.807) is 6.07 Å². The molecule has 0 spiro atoms. The molecule has 0 heterocycles. The van der Waals surface area contributed by atoms with Gasteiger partial charge in [-0.2, -0.15) is 5.10 Å². The molecule has 0 aliphatic heterocycles. The molecule has 0 aliphatic rings. The fourth-order valence-electron chi connectivity index (χ4n) is 1.40. The van der Waals surface area contributed by atoms with Crippen LogP contribution in [0.4, 0.5) is 10.5 Å². The number of hydrogen-bond acceptors (Lipinski definition) is 6. The topological polar surface area (TPSA) is 166 Å². The summed E-state index contributed by atoms with van der Waals surface area (Å²) in [7, 11) is 0. The van der Waals surface area contributed by atoms with Gasteiger partial charge in [-0.15, -0.1) is 0 Å². The van der Waals surface area contributed by atoms with Crippen molar-refractivity contribution in [1.29, 1.82) is 0 Å². The minimum atomic E-state index is -0.977. The molecule has 0 saturated heterocycles. The predicted octanol–water partition coefficient (Wildman–Crippen LogP) is -0.848. The van der Waals surface area contributed by atoms with Gasteiger partial charge in [-0.05, 0) is 0 Å². The second-order valence-corrected chi connectivity index (χ2v) is 3.57. The van der Waals surface area contributed by atoms with Crippen LogP contribution in [0.15, 0.2) is 29.4 Å². The van der Waals surface area contributed by atoms with Crippen molar-refractivity contribution in [1.82, 2.24) is 10.9 Å². The number of para-hydroxylation sites is 1. The second kappa shape index (κ2) is 6.80. The van der Waals surface area contributed by atoms with Gasteiger partial charge in [-0.3, -0.25) is 20.3 Å². The van der Waals surface area contributed by atoms with Gasteiger partial charge in [-0.25, -0.2) is 16.1 Å². The number of nitro groups is 1. The highest BCUT2D eigenvalue weighted by atomic mass is 16.6. The lowest BCUT2D eigenvalue weighted by Crippen LogP contribution is -2.39. The summed E-state index contributed by atoms with van der Waals surface area (Å²) in [4.78, 5) is 32.3. The van der Waals surface area contributed by atoms with Crippen LogP contribution in [0.5, 0.6) is 0 Å². The molecular weight excluding hydrogens is 268 g/mol. The Bertz CT molecular complexity index is 571. The number of primary amides is 1. The largest absolute Gasteiger partial charge is 0.350 e. The van der Waals surface area contributed by atoms with Gasteiger partial charge in [-0.1, -0.05) is 18.2 Å². The summed E-state index contributed by atoms with van der Waals surface area (Å²) in [6.45, 7) is 0. The van der Waals surface area contributed by atoms with E-state index < -0.39 is 16.9 Å². The summed E-state index contributed by atoms with van der Waals surface area (Å²) in [6, 6.07) is 4.83. The Morgan fingerprint density at radius 1 is 1.35 bits per heavy atom. The van der Waals surface area contributed by atoms with Gasteiger partial charge in [0.05, 0.1) is 4.92 Å². The summed E-state index contributed by atoms with van der Waals surface area (Å²) >= 11 is 0. The lowest BCUT2D eigenvalue weighted by atomic mass is 10.1. The Morgan fingerprint density at radius 3 is 2.55 bits per heavy atom. The number of hydrazine groups is 1. The zero-order valence-corrected chi connectivity index (χ0v) is 10.2. The van der Waals surface area contributed by atoms with Crippen molar-refractivity contribution < 1.29 is 14.5 Å². The predicted molar refractivity (Wildman–Crippen MR) is 69.3 cm³/mol. The Kier molecular flexibility index (Phi) is 5.12. The summed E-state index contributed by atoms with van der Waals surface area (Å²) in [5, 5.41) is 14.3. The molecule has 0 bridgehead atoms. The van der Waals surface area contributed by atoms with Crippen LogP contribution in [0.25, 0.3) is 0 Å². The summed E-state index contributed by atoms with van der Waals surface area (Å²) in [5.41, 5.74) is 8.37. The Hall–Kier alpha value is -3.01. The Balaban J connectivity index is 3.07. The molecule has 6 N–H and O–H groups in total. The van der Waals surface area contributed by atoms with Crippen LogP contribution in [0.3, 0.4) is 0 Å². The zero-order valence-electron chi connectivity index (χ0n) is 10.2. The molecule has 106 valence electrons. The van der Waals surface area contributed by atoms with Crippen LogP contribution >= 0.6 is 0 Å². The molecule has 0 radical (unpaired) electrons. The van der Waals surface area contributed by atoms with Crippen LogP contribution in [-0.4, -0.2) is 22.6 Å². The number of benzene rings is 1. The number of nitro benzene ring substituents is 1. The van der Waals surface area contributed by atoms with E-state index in [1.807, 2.05) is 10.9 Å². The average Bonchev–Trinajstić information content (AvgIpc) is 2.42. The third-order valence-corrected chi connectivity index (χ3v) is 2.24. The molecule has 10 nitrogen and oxygen atoms in total. The number of nitrogens with zero attached hydrogens (tertiary/aromatic N) is 2. The van der Waals surface area contributed by atoms with Crippen molar-refractivity contribution >= 4 is 23.3 Å². The molecule has 1 aromatic rings. The van der Waals surface area contributed by atoms with E-state index in [0.717, 1.165) is 0 Å². The van der Waals surface area contributed by atoms with E-state index in [2.05, 4.69) is 5.10 Å². The van der Waals surface area contributed by atoms with Gasteiger partial charge < -0.3 is 5.73 Å². The maximum Gasteiger partial charge on any atom is 0.332 e. The minimum absolute atomic E-state index is 0.177. The van der Waals surface area contributed by atoms with Crippen molar-refractivity contribution in [3.63, 3.8) is 0 Å². The first-order valence-electron chi connectivity index (χ1n) is 5.31. The lowest BCUT2D eigenvalue weighted by Gasteiger charge is -2.06. The molecule has 0 saturated carbocycles. The van der Waals surface area contributed by atoms with E-state index in [0.29, 0.717) is 0 Å². The molecule has 3 amide bonds. The SMILES string of the molecule is NNC(=O)/C(Cc1ccccc1[N+](=O)[O-])=N\NC(N)=O. The third kappa shape index (κ3) is 4.03. The minimum Gasteiger partial charge on any atom is -0.350 e. The highest BCUT2D eigenvalue weighted by molar-refractivity contribution is 6.39. The van der Waals surface area contributed by atoms with Gasteiger partial charge in [0, 0.05) is 18.1 Å². The molecule has 0 atom stereocenters. The van der Waals surface area contributed by atoms with Crippen molar-refractivity contribution in [2.75, 3.05) is 0 Å². The highest BCUT2D eigenvalue weighted by Gasteiger charge is 2.18. The van der Waals surface area contributed by atoms with Crippen LogP contribution in [0.2, 0.25) is 0 Å². The fourth-order valence-corrected chi connectivity index (χ4v) is 1.40. The fraction of sp³-hybridized carbons (Fsp3) is 0.100. The number of nitrogens with one attached hydrogen (secondary N) is 2. The molecule has 10 heteroatoms. The number of rotatable bonds is 5. The standard InChI is InChI=1S/C10H12N6O4/c11-10(18)15-14-7(9(17)13-12)5-6-3-1-2-4-8(6)16(19)20/h1-4H,5,12H2,(H,13,17)(H3,11,15,18)/b14-7-. The van der Waals surface area contributed by atoms with Gasteiger partial charge in [0.2, 0.25) is 0 Å². The van der Waals surface area contributed by atoms with Gasteiger partial charge in [0.25, 0.3) is 11.6 Å². The summed E-state index contributed by atoms with van der Waals surface area (Å²) < 4.78 is 0. The number of amides is 3. The number of hydrazone groups is 1. The van der Waals surface area contributed by atoms with Crippen molar-refractivity contribution in [3.8, 4) is 0 Å². The van der Waals surface area contributed by atoms with E-state index in [4.69, 9.17) is 11.6 Å². The number of carbonyl (C=O) groups excluding carboxylic acids is 2. The normalized spacial score (nSPS) is 10.8. The van der Waals surface area contributed by atoms with Crippen molar-refractivity contribution in [3.05, 3.63) is 39.9 Å². The third-order valence-electron chi connectivity index (χ3n) is 2.24. The highest BCUT2D eigenvalue weighted by Crippen LogP contribution is 2.18. The van der Waals surface area contributed by atoms with Gasteiger partial charge >= 0.3 is 6.03 Å². The second-order valence-electron chi connectivity index (χ2n) is 3.57. The summed E-state index contributed by atoms with van der Waals surface area (Å²) in [6.07, 6.45) is -0.194. The first-order chi connectivity index (χ1) is 9.45. The molecule has 0 fully saturated rings. The molecule has 20 heavy (non-hydrogen) atoms. The van der Waals surface area contributed by atoms with Crippen LogP contribution < -0.4 is 22.4 Å². The maximum atomic E-state index is 11.5. The lowest BCUT2D eigenvalue weighted by molar-refractivity contribution is -0.385. The van der Waals surface area contributed by atoms with E-state index in [-0.39, 0.29) is 23.4 Å². The Labute approximate surface area is 112 Å².